The van der Waals surface area contributed by atoms with Gasteiger partial charge in [0.15, 0.2) is 0 Å². The first-order valence-corrected chi connectivity index (χ1v) is 7.84. The van der Waals surface area contributed by atoms with E-state index < -0.39 is 5.60 Å². The summed E-state index contributed by atoms with van der Waals surface area (Å²) in [5.41, 5.74) is -0.465. The van der Waals surface area contributed by atoms with E-state index in [9.17, 15) is 4.79 Å². The van der Waals surface area contributed by atoms with Crippen molar-refractivity contribution < 1.29 is 9.53 Å². The van der Waals surface area contributed by atoms with Crippen LogP contribution in [0.1, 0.15) is 40.0 Å². The van der Waals surface area contributed by atoms with Crippen LogP contribution in [0, 0.1) is 0 Å². The summed E-state index contributed by atoms with van der Waals surface area (Å²) >= 11 is 0. The number of likely N-dealkylation sites (tertiary alicyclic amines) is 1. The number of nitrogens with zero attached hydrogens (tertiary/aromatic N) is 4. The van der Waals surface area contributed by atoms with Gasteiger partial charge in [0, 0.05) is 32.5 Å². The highest BCUT2D eigenvalue weighted by atomic mass is 16.6. The first-order valence-electron chi connectivity index (χ1n) is 7.84. The molecule has 1 aromatic rings. The second kappa shape index (κ2) is 6.94. The molecule has 1 aromatic heterocycles. The lowest BCUT2D eigenvalue weighted by molar-refractivity contribution is 0.0108. The summed E-state index contributed by atoms with van der Waals surface area (Å²) in [6, 6.07) is 1.93. The number of hydrogen-bond acceptors (Lipinski definition) is 5. The third kappa shape index (κ3) is 4.58. The number of amides is 1. The van der Waals surface area contributed by atoms with Crippen molar-refractivity contribution in [2.45, 2.75) is 51.7 Å². The van der Waals surface area contributed by atoms with Gasteiger partial charge in [-0.05, 0) is 46.1 Å². The Labute approximate surface area is 132 Å². The number of hydrogen-bond donors (Lipinski definition) is 0. The summed E-state index contributed by atoms with van der Waals surface area (Å²) in [6.45, 7) is 7.15. The van der Waals surface area contributed by atoms with Gasteiger partial charge in [-0.15, -0.1) is 0 Å². The first-order chi connectivity index (χ1) is 10.4. The maximum atomic E-state index is 12.4. The molecule has 0 spiro atoms. The number of carbonyl (C=O) groups is 1. The highest BCUT2D eigenvalue weighted by Gasteiger charge is 2.31. The van der Waals surface area contributed by atoms with Gasteiger partial charge in [-0.3, -0.25) is 0 Å². The lowest BCUT2D eigenvalue weighted by Crippen LogP contribution is -2.50. The predicted octanol–water partition coefficient (Wildman–Crippen LogP) is 2.70. The average molecular weight is 306 g/mol. The van der Waals surface area contributed by atoms with Gasteiger partial charge < -0.3 is 14.5 Å². The normalized spacial score (nSPS) is 18.9. The van der Waals surface area contributed by atoms with Crippen LogP contribution in [0.15, 0.2) is 18.5 Å². The fourth-order valence-electron chi connectivity index (χ4n) is 2.64. The largest absolute Gasteiger partial charge is 0.444 e. The molecule has 1 saturated heterocycles. The maximum Gasteiger partial charge on any atom is 0.410 e. The molecule has 1 unspecified atom stereocenters. The van der Waals surface area contributed by atoms with E-state index in [2.05, 4.69) is 9.97 Å². The molecule has 0 radical (unpaired) electrons. The zero-order valence-corrected chi connectivity index (χ0v) is 14.0. The lowest BCUT2D eigenvalue weighted by Gasteiger charge is -2.38. The van der Waals surface area contributed by atoms with Gasteiger partial charge in [0.05, 0.1) is 6.04 Å². The van der Waals surface area contributed by atoms with Crippen LogP contribution in [0.2, 0.25) is 0 Å². The molecule has 0 aliphatic carbocycles. The molecule has 0 aromatic carbocycles. The number of carbonyl (C=O) groups excluding carboxylic acids is 1. The van der Waals surface area contributed by atoms with Crippen LogP contribution in [0.4, 0.5) is 10.7 Å². The van der Waals surface area contributed by atoms with Crippen LogP contribution < -0.4 is 4.90 Å². The van der Waals surface area contributed by atoms with Crippen LogP contribution in [-0.4, -0.2) is 52.7 Å². The van der Waals surface area contributed by atoms with Gasteiger partial charge >= 0.3 is 6.09 Å². The standard InChI is InChI=1S/C16H26N4O2/c1-16(2,3)22-15(21)20-11-6-5-8-13(20)12-19(4)14-17-9-7-10-18-14/h7,9-10,13H,5-6,8,11-12H2,1-4H3. The number of likely N-dealkylation sites (N-methyl/N-ethyl adjacent to an activating group) is 1. The Balaban J connectivity index is 2.02. The van der Waals surface area contributed by atoms with Crippen LogP contribution in [-0.2, 0) is 4.74 Å². The van der Waals surface area contributed by atoms with E-state index in [-0.39, 0.29) is 12.1 Å². The van der Waals surface area contributed by atoms with Crippen molar-refractivity contribution in [3.63, 3.8) is 0 Å². The Morgan fingerprint density at radius 3 is 2.68 bits per heavy atom. The Bertz CT molecular complexity index is 487. The minimum atomic E-state index is -0.465. The van der Waals surface area contributed by atoms with Crippen LogP contribution in [0.3, 0.4) is 0 Å². The molecular weight excluding hydrogens is 280 g/mol. The molecule has 1 aliphatic heterocycles. The minimum Gasteiger partial charge on any atom is -0.444 e. The third-order valence-corrected chi connectivity index (χ3v) is 3.63. The van der Waals surface area contributed by atoms with Gasteiger partial charge in [0.25, 0.3) is 0 Å². The van der Waals surface area contributed by atoms with Crippen molar-refractivity contribution in [1.82, 2.24) is 14.9 Å². The molecule has 0 N–H and O–H groups in total. The number of rotatable bonds is 3. The molecule has 1 aliphatic rings. The lowest BCUT2D eigenvalue weighted by atomic mass is 10.0. The van der Waals surface area contributed by atoms with E-state index >= 15 is 0 Å². The number of anilines is 1. The average Bonchev–Trinajstić information content (AvgIpc) is 2.47. The summed E-state index contributed by atoms with van der Waals surface area (Å²) in [4.78, 5) is 24.8. The molecule has 0 saturated carbocycles. The number of piperidine rings is 1. The molecule has 2 heterocycles. The highest BCUT2D eigenvalue weighted by molar-refractivity contribution is 5.68. The van der Waals surface area contributed by atoms with Gasteiger partial charge in [0.2, 0.25) is 5.95 Å². The molecule has 122 valence electrons. The van der Waals surface area contributed by atoms with E-state index in [4.69, 9.17) is 4.74 Å². The molecule has 1 atom stereocenters. The number of ether oxygens (including phenoxy) is 1. The summed E-state index contributed by atoms with van der Waals surface area (Å²) in [5, 5.41) is 0. The number of aromatic nitrogens is 2. The van der Waals surface area contributed by atoms with Crippen LogP contribution in [0.5, 0.6) is 0 Å². The fraction of sp³-hybridized carbons (Fsp3) is 0.688. The molecular formula is C16H26N4O2. The Morgan fingerprint density at radius 1 is 1.36 bits per heavy atom. The van der Waals surface area contributed by atoms with Crippen molar-refractivity contribution >= 4 is 12.0 Å². The predicted molar refractivity (Wildman–Crippen MR) is 85.9 cm³/mol. The van der Waals surface area contributed by atoms with Crippen molar-refractivity contribution in [1.29, 1.82) is 0 Å². The molecule has 1 amide bonds. The molecule has 1 fully saturated rings. The third-order valence-electron chi connectivity index (χ3n) is 3.63. The van der Waals surface area contributed by atoms with Gasteiger partial charge in [-0.25, -0.2) is 14.8 Å². The fourth-order valence-corrected chi connectivity index (χ4v) is 2.64. The zero-order chi connectivity index (χ0) is 16.2. The summed E-state index contributed by atoms with van der Waals surface area (Å²) < 4.78 is 5.53. The monoisotopic (exact) mass is 306 g/mol. The molecule has 2 rings (SSSR count). The summed E-state index contributed by atoms with van der Waals surface area (Å²) in [5.74, 6) is 0.678. The highest BCUT2D eigenvalue weighted by Crippen LogP contribution is 2.21. The smallest absolute Gasteiger partial charge is 0.410 e. The SMILES string of the molecule is CN(CC1CCCCN1C(=O)OC(C)(C)C)c1ncccn1. The van der Waals surface area contributed by atoms with Crippen molar-refractivity contribution in [3.8, 4) is 0 Å². The van der Waals surface area contributed by atoms with Crippen LogP contribution in [0.25, 0.3) is 0 Å². The van der Waals surface area contributed by atoms with Crippen LogP contribution >= 0.6 is 0 Å². The van der Waals surface area contributed by atoms with Crippen molar-refractivity contribution in [2.75, 3.05) is 25.0 Å². The summed E-state index contributed by atoms with van der Waals surface area (Å²) in [6.07, 6.45) is 6.38. The summed E-state index contributed by atoms with van der Waals surface area (Å²) in [7, 11) is 1.96. The van der Waals surface area contributed by atoms with Gasteiger partial charge in [0.1, 0.15) is 5.60 Å². The Hall–Kier alpha value is -1.85. The van der Waals surface area contributed by atoms with Crippen molar-refractivity contribution in [3.05, 3.63) is 18.5 Å². The van der Waals surface area contributed by atoms with Crippen molar-refractivity contribution in [2.24, 2.45) is 0 Å². The van der Waals surface area contributed by atoms with E-state index in [1.54, 1.807) is 18.5 Å². The maximum absolute atomic E-state index is 12.4. The quantitative estimate of drug-likeness (QED) is 0.859. The topological polar surface area (TPSA) is 58.6 Å². The van der Waals surface area contributed by atoms with E-state index in [1.807, 2.05) is 37.6 Å². The molecule has 22 heavy (non-hydrogen) atoms. The zero-order valence-electron chi connectivity index (χ0n) is 14.0. The van der Waals surface area contributed by atoms with Gasteiger partial charge in [-0.2, -0.15) is 0 Å². The van der Waals surface area contributed by atoms with E-state index in [1.165, 1.54) is 0 Å². The molecule has 0 bridgehead atoms. The molecule has 6 heteroatoms. The Kier molecular flexibility index (Phi) is 5.21. The Morgan fingerprint density at radius 2 is 2.05 bits per heavy atom. The van der Waals surface area contributed by atoms with E-state index in [0.717, 1.165) is 25.8 Å². The van der Waals surface area contributed by atoms with Gasteiger partial charge in [-0.1, -0.05) is 0 Å². The minimum absolute atomic E-state index is 0.136. The van der Waals surface area contributed by atoms with E-state index in [0.29, 0.717) is 12.5 Å². The second-order valence-corrected chi connectivity index (χ2v) is 6.75. The first kappa shape index (κ1) is 16.5. The second-order valence-electron chi connectivity index (χ2n) is 6.75. The molecule has 6 nitrogen and oxygen atoms in total.